The third-order valence-corrected chi connectivity index (χ3v) is 9.87. The highest BCUT2D eigenvalue weighted by Gasteiger charge is 2.26. The van der Waals surface area contributed by atoms with Crippen LogP contribution in [0.1, 0.15) is 226 Å². The molecular weight excluding hydrogens is 582 g/mol. The van der Waals surface area contributed by atoms with Crippen LogP contribution in [0.25, 0.3) is 0 Å². The molecule has 0 aromatic carbocycles. The van der Waals surface area contributed by atoms with Crippen molar-refractivity contribution < 1.29 is 20.1 Å². The Morgan fingerprint density at radius 1 is 0.511 bits per heavy atom. The minimum atomic E-state index is -1.14. The van der Waals surface area contributed by atoms with Gasteiger partial charge in [-0.25, -0.2) is 0 Å². The number of unbranched alkanes of at least 4 members (excludes halogenated alkanes) is 28. The zero-order valence-corrected chi connectivity index (χ0v) is 31.7. The van der Waals surface area contributed by atoms with Crippen LogP contribution < -0.4 is 5.32 Å². The fraction of sp³-hybridized carbons (Fsp3) is 0.929. The predicted molar refractivity (Wildman–Crippen MR) is 204 cm³/mol. The number of nitrogens with one attached hydrogen (secondary N) is 1. The average molecular weight is 666 g/mol. The van der Waals surface area contributed by atoms with Gasteiger partial charge in [-0.2, -0.15) is 0 Å². The summed E-state index contributed by atoms with van der Waals surface area (Å²) in [6.45, 7) is 4.18. The lowest BCUT2D eigenvalue weighted by atomic mass is 9.99. The maximum Gasteiger partial charge on any atom is 0.220 e. The van der Waals surface area contributed by atoms with Crippen LogP contribution in [0.15, 0.2) is 12.2 Å². The number of aliphatic hydroxyl groups is 3. The quantitative estimate of drug-likeness (QED) is 0.0390. The van der Waals surface area contributed by atoms with E-state index < -0.39 is 18.2 Å². The predicted octanol–water partition coefficient (Wildman–Crippen LogP) is 11.7. The standard InChI is InChI=1S/C42H83NO4/c1-3-5-7-9-11-13-15-17-19-20-21-23-24-26-28-30-32-34-36-40(45)42(47)39(38-44)43-41(46)37-35-33-31-29-27-25-22-18-16-14-12-10-8-6-4-2/h21,23,39-40,42,44-45,47H,3-20,22,24-38H2,1-2H3,(H,43,46)/b23-21+/t39-,40-,42+/m1/s1. The van der Waals surface area contributed by atoms with E-state index in [-0.39, 0.29) is 12.5 Å². The summed E-state index contributed by atoms with van der Waals surface area (Å²) in [6, 6.07) is -0.809. The lowest BCUT2D eigenvalue weighted by Crippen LogP contribution is -2.50. The summed E-state index contributed by atoms with van der Waals surface area (Å²) in [5, 5.41) is 33.5. The summed E-state index contributed by atoms with van der Waals surface area (Å²) in [5.74, 6) is -0.146. The maximum atomic E-state index is 12.4. The number of aliphatic hydroxyl groups excluding tert-OH is 3. The van der Waals surface area contributed by atoms with E-state index in [1.165, 1.54) is 154 Å². The first kappa shape index (κ1) is 46.1. The van der Waals surface area contributed by atoms with Gasteiger partial charge in [0.2, 0.25) is 5.91 Å². The van der Waals surface area contributed by atoms with Gasteiger partial charge in [0.15, 0.2) is 0 Å². The zero-order valence-electron chi connectivity index (χ0n) is 31.7. The molecule has 0 saturated heterocycles. The Bertz CT molecular complexity index is 655. The van der Waals surface area contributed by atoms with Crippen LogP contribution >= 0.6 is 0 Å². The molecule has 5 nitrogen and oxygen atoms in total. The molecule has 0 aromatic rings. The van der Waals surface area contributed by atoms with Crippen LogP contribution in [-0.4, -0.2) is 46.1 Å². The molecule has 5 heteroatoms. The smallest absolute Gasteiger partial charge is 0.220 e. The first-order chi connectivity index (χ1) is 23.1. The second kappa shape index (κ2) is 37.9. The zero-order chi connectivity index (χ0) is 34.5. The van der Waals surface area contributed by atoms with Crippen LogP contribution in [0.4, 0.5) is 0 Å². The highest BCUT2D eigenvalue weighted by atomic mass is 16.3. The molecule has 0 aliphatic heterocycles. The number of rotatable bonds is 38. The topological polar surface area (TPSA) is 89.8 Å². The molecule has 0 spiro atoms. The van der Waals surface area contributed by atoms with Gasteiger partial charge in [-0.05, 0) is 38.5 Å². The van der Waals surface area contributed by atoms with Crippen LogP contribution in [0.2, 0.25) is 0 Å². The molecule has 0 unspecified atom stereocenters. The van der Waals surface area contributed by atoms with Crippen LogP contribution in [-0.2, 0) is 4.79 Å². The molecule has 0 saturated carbocycles. The Kier molecular flexibility index (Phi) is 37.2. The molecule has 1 amide bonds. The van der Waals surface area contributed by atoms with E-state index in [4.69, 9.17) is 0 Å². The van der Waals surface area contributed by atoms with Crippen molar-refractivity contribution in [3.05, 3.63) is 12.2 Å². The largest absolute Gasteiger partial charge is 0.394 e. The van der Waals surface area contributed by atoms with Gasteiger partial charge in [0.1, 0.15) is 6.10 Å². The maximum absolute atomic E-state index is 12.4. The lowest BCUT2D eigenvalue weighted by molar-refractivity contribution is -0.124. The second-order valence-electron chi connectivity index (χ2n) is 14.5. The summed E-state index contributed by atoms with van der Waals surface area (Å²) < 4.78 is 0. The van der Waals surface area contributed by atoms with Crippen molar-refractivity contribution >= 4 is 5.91 Å². The van der Waals surface area contributed by atoms with E-state index in [9.17, 15) is 20.1 Å². The van der Waals surface area contributed by atoms with Crippen molar-refractivity contribution in [2.45, 2.75) is 244 Å². The van der Waals surface area contributed by atoms with Gasteiger partial charge < -0.3 is 20.6 Å². The molecule has 47 heavy (non-hydrogen) atoms. The number of allylic oxidation sites excluding steroid dienone is 2. The third-order valence-electron chi connectivity index (χ3n) is 9.87. The SMILES string of the molecule is CCCCCCCCCCC/C=C/CCCCCCC[C@@H](O)[C@@H](O)[C@@H](CO)NC(=O)CCCCCCCCCCCCCCCCC. The van der Waals surface area contributed by atoms with E-state index in [1.807, 2.05) is 0 Å². The minimum Gasteiger partial charge on any atom is -0.394 e. The highest BCUT2D eigenvalue weighted by molar-refractivity contribution is 5.76. The Morgan fingerprint density at radius 3 is 1.23 bits per heavy atom. The Morgan fingerprint density at radius 2 is 0.851 bits per heavy atom. The van der Waals surface area contributed by atoms with Gasteiger partial charge in [-0.15, -0.1) is 0 Å². The lowest BCUT2D eigenvalue weighted by Gasteiger charge is -2.26. The molecule has 0 heterocycles. The normalized spacial score (nSPS) is 13.7. The second-order valence-corrected chi connectivity index (χ2v) is 14.5. The number of carbonyl (C=O) groups excluding carboxylic acids is 1. The van der Waals surface area contributed by atoms with Crippen molar-refractivity contribution in [1.82, 2.24) is 5.32 Å². The van der Waals surface area contributed by atoms with Gasteiger partial charge in [0, 0.05) is 6.42 Å². The molecular formula is C42H83NO4. The first-order valence-electron chi connectivity index (χ1n) is 21.0. The van der Waals surface area contributed by atoms with E-state index in [0.717, 1.165) is 44.9 Å². The van der Waals surface area contributed by atoms with Crippen molar-refractivity contribution in [3.63, 3.8) is 0 Å². The fourth-order valence-corrected chi connectivity index (χ4v) is 6.57. The number of carbonyl (C=O) groups is 1. The summed E-state index contributed by atoms with van der Waals surface area (Å²) in [4.78, 5) is 12.4. The molecule has 0 aliphatic rings. The molecule has 0 radical (unpaired) electrons. The van der Waals surface area contributed by atoms with Gasteiger partial charge in [0.25, 0.3) is 0 Å². The van der Waals surface area contributed by atoms with Crippen LogP contribution in [0.5, 0.6) is 0 Å². The monoisotopic (exact) mass is 666 g/mol. The summed E-state index contributed by atoms with van der Waals surface area (Å²) in [7, 11) is 0. The molecule has 4 N–H and O–H groups in total. The van der Waals surface area contributed by atoms with Crippen molar-refractivity contribution in [3.8, 4) is 0 Å². The molecule has 280 valence electrons. The van der Waals surface area contributed by atoms with Crippen LogP contribution in [0.3, 0.4) is 0 Å². The minimum absolute atomic E-state index is 0.146. The van der Waals surface area contributed by atoms with Crippen molar-refractivity contribution in [1.29, 1.82) is 0 Å². The summed E-state index contributed by atoms with van der Waals surface area (Å²) in [5.41, 5.74) is 0. The van der Waals surface area contributed by atoms with E-state index in [1.54, 1.807) is 0 Å². The number of hydrogen-bond donors (Lipinski definition) is 4. The molecule has 0 aliphatic carbocycles. The first-order valence-corrected chi connectivity index (χ1v) is 21.0. The molecule has 0 aromatic heterocycles. The van der Waals surface area contributed by atoms with Crippen molar-refractivity contribution in [2.24, 2.45) is 0 Å². The van der Waals surface area contributed by atoms with E-state index in [0.29, 0.717) is 12.8 Å². The van der Waals surface area contributed by atoms with Gasteiger partial charge >= 0.3 is 0 Å². The number of hydrogen-bond acceptors (Lipinski definition) is 4. The molecule has 0 fully saturated rings. The Labute approximate surface area is 293 Å². The van der Waals surface area contributed by atoms with Gasteiger partial charge in [0.05, 0.1) is 18.8 Å². The molecule has 0 bridgehead atoms. The Hall–Kier alpha value is -0.910. The van der Waals surface area contributed by atoms with Gasteiger partial charge in [-0.3, -0.25) is 4.79 Å². The van der Waals surface area contributed by atoms with Crippen molar-refractivity contribution in [2.75, 3.05) is 6.61 Å². The number of amides is 1. The highest BCUT2D eigenvalue weighted by Crippen LogP contribution is 2.16. The van der Waals surface area contributed by atoms with Crippen LogP contribution in [0, 0.1) is 0 Å². The van der Waals surface area contributed by atoms with E-state index in [2.05, 4.69) is 31.3 Å². The summed E-state index contributed by atoms with van der Waals surface area (Å²) >= 11 is 0. The average Bonchev–Trinajstić information content (AvgIpc) is 3.07. The third kappa shape index (κ3) is 33.4. The van der Waals surface area contributed by atoms with E-state index >= 15 is 0 Å². The summed E-state index contributed by atoms with van der Waals surface area (Å²) in [6.07, 6.45) is 43.1. The fourth-order valence-electron chi connectivity index (χ4n) is 6.57. The van der Waals surface area contributed by atoms with Gasteiger partial charge in [-0.1, -0.05) is 193 Å². The Balaban J connectivity index is 3.65. The molecule has 0 rings (SSSR count). The molecule has 3 atom stereocenters.